The molecule has 0 aliphatic heterocycles. The molecule has 8 nitrogen and oxygen atoms in total. The molecule has 1 amide bonds. The predicted octanol–water partition coefficient (Wildman–Crippen LogP) is -1.43. The largest absolute Gasteiger partial charge is 0.474 e. The van der Waals surface area contributed by atoms with Gasteiger partial charge in [-0.2, -0.15) is 5.26 Å². The van der Waals surface area contributed by atoms with E-state index in [0.29, 0.717) is 0 Å². The molecule has 0 heterocycles. The van der Waals surface area contributed by atoms with Gasteiger partial charge >= 0.3 is 11.9 Å². The number of rotatable bonds is 1. The first-order valence-corrected chi connectivity index (χ1v) is 2.12. The molecule has 0 bridgehead atoms. The van der Waals surface area contributed by atoms with Crippen molar-refractivity contribution in [3.05, 3.63) is 10.1 Å². The number of hydrogen-bond donors (Lipinski definition) is 1. The van der Waals surface area contributed by atoms with Gasteiger partial charge in [-0.1, -0.05) is 0 Å². The maximum absolute atomic E-state index is 10.2. The number of nitriles is 1. The first kappa shape index (κ1) is 8.83. The van der Waals surface area contributed by atoms with Crippen molar-refractivity contribution >= 4 is 11.9 Å². The summed E-state index contributed by atoms with van der Waals surface area (Å²) in [6, 6.07) is 0. The van der Waals surface area contributed by atoms with Crippen LogP contribution in [-0.4, -0.2) is 27.0 Å². The standard InChI is InChI=1S/C3HN3O5/c4-1-5(6(10)11)2(7)3(8)9/h(H,8,9). The van der Waals surface area contributed by atoms with Crippen LogP contribution in [0, 0.1) is 21.6 Å². The molecule has 0 aromatic heterocycles. The summed E-state index contributed by atoms with van der Waals surface area (Å²) >= 11 is 0. The van der Waals surface area contributed by atoms with E-state index in [1.165, 1.54) is 0 Å². The second kappa shape index (κ2) is 3.11. The Morgan fingerprint density at radius 2 is 2.09 bits per heavy atom. The van der Waals surface area contributed by atoms with Crippen LogP contribution >= 0.6 is 0 Å². The summed E-state index contributed by atoms with van der Waals surface area (Å²) in [5.74, 6) is -3.94. The fraction of sp³-hybridized carbons (Fsp3) is 0. The second-order valence-electron chi connectivity index (χ2n) is 1.26. The van der Waals surface area contributed by atoms with Gasteiger partial charge in [-0.3, -0.25) is 4.79 Å². The van der Waals surface area contributed by atoms with Crippen molar-refractivity contribution < 1.29 is 19.7 Å². The molecule has 58 valence electrons. The van der Waals surface area contributed by atoms with E-state index >= 15 is 0 Å². The highest BCUT2D eigenvalue weighted by atomic mass is 16.7. The lowest BCUT2D eigenvalue weighted by atomic mass is 10.6. The van der Waals surface area contributed by atoms with Gasteiger partial charge < -0.3 is 5.11 Å². The van der Waals surface area contributed by atoms with Crippen LogP contribution in [0.4, 0.5) is 0 Å². The highest BCUT2D eigenvalue weighted by Gasteiger charge is 2.30. The van der Waals surface area contributed by atoms with Crippen LogP contribution in [0.3, 0.4) is 0 Å². The Bertz CT molecular complexity index is 252. The van der Waals surface area contributed by atoms with Gasteiger partial charge in [0.05, 0.1) is 5.01 Å². The number of hydrazine groups is 1. The molecule has 0 aromatic carbocycles. The number of carbonyl (C=O) groups is 2. The van der Waals surface area contributed by atoms with E-state index in [2.05, 4.69) is 0 Å². The quantitative estimate of drug-likeness (QED) is 0.164. The third-order valence-electron chi connectivity index (χ3n) is 0.633. The molecule has 0 radical (unpaired) electrons. The zero-order valence-electron chi connectivity index (χ0n) is 4.92. The van der Waals surface area contributed by atoms with E-state index in [9.17, 15) is 19.7 Å². The predicted molar refractivity (Wildman–Crippen MR) is 27.1 cm³/mol. The van der Waals surface area contributed by atoms with Crippen LogP contribution < -0.4 is 0 Å². The zero-order chi connectivity index (χ0) is 9.02. The summed E-state index contributed by atoms with van der Waals surface area (Å²) < 4.78 is 0. The molecule has 1 N–H and O–H groups in total. The van der Waals surface area contributed by atoms with Crippen LogP contribution in [0.2, 0.25) is 0 Å². The lowest BCUT2D eigenvalue weighted by Gasteiger charge is -1.96. The highest BCUT2D eigenvalue weighted by Crippen LogP contribution is 1.86. The van der Waals surface area contributed by atoms with Gasteiger partial charge in [-0.15, -0.1) is 0 Å². The Morgan fingerprint density at radius 3 is 2.18 bits per heavy atom. The fourth-order valence-electron chi connectivity index (χ4n) is 0.247. The SMILES string of the molecule is N#CN(C(=O)C(=O)O)[N+](=O)[O-]. The van der Waals surface area contributed by atoms with Crippen molar-refractivity contribution in [2.45, 2.75) is 0 Å². The van der Waals surface area contributed by atoms with E-state index in [1.807, 2.05) is 0 Å². The van der Waals surface area contributed by atoms with E-state index in [-0.39, 0.29) is 0 Å². The number of aliphatic carboxylic acids is 1. The van der Waals surface area contributed by atoms with Crippen LogP contribution in [0.15, 0.2) is 0 Å². The zero-order valence-corrected chi connectivity index (χ0v) is 4.92. The van der Waals surface area contributed by atoms with Crippen LogP contribution in [0.5, 0.6) is 0 Å². The molecular formula is C3HN3O5. The topological polar surface area (TPSA) is 125 Å². The van der Waals surface area contributed by atoms with Gasteiger partial charge in [0.15, 0.2) is 5.03 Å². The first-order chi connectivity index (χ1) is 5.00. The summed E-state index contributed by atoms with van der Waals surface area (Å²) in [5.41, 5.74) is 0. The molecule has 0 aliphatic carbocycles. The van der Waals surface area contributed by atoms with Crippen molar-refractivity contribution in [3.63, 3.8) is 0 Å². The summed E-state index contributed by atoms with van der Waals surface area (Å²) in [4.78, 5) is 29.6. The Balaban J connectivity index is 4.56. The van der Waals surface area contributed by atoms with Gasteiger partial charge in [0.2, 0.25) is 0 Å². The first-order valence-electron chi connectivity index (χ1n) is 2.12. The Labute approximate surface area is 59.4 Å². The molecule has 8 heteroatoms. The molecule has 11 heavy (non-hydrogen) atoms. The van der Waals surface area contributed by atoms with Crippen molar-refractivity contribution in [1.29, 1.82) is 5.26 Å². The molecule has 0 rings (SSSR count). The lowest BCUT2D eigenvalue weighted by Crippen LogP contribution is -2.36. The minimum Gasteiger partial charge on any atom is -0.474 e. The second-order valence-corrected chi connectivity index (χ2v) is 1.26. The van der Waals surface area contributed by atoms with Crippen molar-refractivity contribution in [2.24, 2.45) is 0 Å². The third kappa shape index (κ3) is 1.90. The molecule has 0 unspecified atom stereocenters. The Kier molecular flexibility index (Phi) is 2.50. The maximum Gasteiger partial charge on any atom is 0.408 e. The maximum atomic E-state index is 10.2. The number of carboxylic acid groups (broad SMARTS) is 1. The van der Waals surface area contributed by atoms with Gasteiger partial charge in [0.1, 0.15) is 0 Å². The molecule has 0 fully saturated rings. The molecule has 0 aliphatic rings. The molecule has 0 saturated heterocycles. The summed E-state index contributed by atoms with van der Waals surface area (Å²) in [5, 5.41) is 23.4. The molecule has 0 aromatic rings. The highest BCUT2D eigenvalue weighted by molar-refractivity contribution is 6.31. The molecule has 0 saturated carbocycles. The van der Waals surface area contributed by atoms with E-state index in [4.69, 9.17) is 10.4 Å². The van der Waals surface area contributed by atoms with Gasteiger partial charge in [0.25, 0.3) is 6.19 Å². The van der Waals surface area contributed by atoms with Crippen molar-refractivity contribution in [2.75, 3.05) is 0 Å². The Morgan fingerprint density at radius 1 is 1.64 bits per heavy atom. The van der Waals surface area contributed by atoms with Gasteiger partial charge in [0, 0.05) is 0 Å². The number of carbonyl (C=O) groups excluding carboxylic acids is 1. The van der Waals surface area contributed by atoms with E-state index in [1.54, 1.807) is 0 Å². The monoisotopic (exact) mass is 159 g/mol. The summed E-state index contributed by atoms with van der Waals surface area (Å²) in [7, 11) is 0. The number of nitrogens with zero attached hydrogens (tertiary/aromatic N) is 3. The van der Waals surface area contributed by atoms with Gasteiger partial charge in [-0.05, 0) is 0 Å². The van der Waals surface area contributed by atoms with Crippen LogP contribution in [0.25, 0.3) is 0 Å². The third-order valence-corrected chi connectivity index (χ3v) is 0.633. The molecule has 0 spiro atoms. The van der Waals surface area contributed by atoms with E-state index < -0.39 is 21.9 Å². The average molecular weight is 159 g/mol. The summed E-state index contributed by atoms with van der Waals surface area (Å²) in [6.07, 6.45) is 0.786. The minimum absolute atomic E-state index is 0.678. The minimum atomic E-state index is -2.05. The van der Waals surface area contributed by atoms with Crippen molar-refractivity contribution in [3.8, 4) is 6.19 Å². The van der Waals surface area contributed by atoms with E-state index in [0.717, 1.165) is 6.19 Å². The number of amides is 1. The summed E-state index contributed by atoms with van der Waals surface area (Å²) in [6.45, 7) is 0. The molecular weight excluding hydrogens is 158 g/mol. The lowest BCUT2D eigenvalue weighted by molar-refractivity contribution is -0.614. The number of carboxylic acids is 1. The van der Waals surface area contributed by atoms with Gasteiger partial charge in [-0.25, -0.2) is 14.9 Å². The number of hydrogen-bond acceptors (Lipinski definition) is 5. The number of nitro groups is 1. The average Bonchev–Trinajstić information content (AvgIpc) is 1.88. The van der Waals surface area contributed by atoms with Crippen LogP contribution in [0.1, 0.15) is 0 Å². The Hall–Kier alpha value is -2.17. The smallest absolute Gasteiger partial charge is 0.408 e. The van der Waals surface area contributed by atoms with Crippen molar-refractivity contribution in [1.82, 2.24) is 5.01 Å². The van der Waals surface area contributed by atoms with Crippen LogP contribution in [-0.2, 0) is 9.59 Å². The molecule has 0 atom stereocenters. The fourth-order valence-corrected chi connectivity index (χ4v) is 0.247. The normalized spacial score (nSPS) is 7.91.